The summed E-state index contributed by atoms with van der Waals surface area (Å²) in [4.78, 5) is 34.1. The molecule has 0 bridgehead atoms. The van der Waals surface area contributed by atoms with Gasteiger partial charge < -0.3 is 23.5 Å². The lowest BCUT2D eigenvalue weighted by Gasteiger charge is -2.36. The number of hydrogen-bond acceptors (Lipinski definition) is 8. The van der Waals surface area contributed by atoms with Crippen molar-refractivity contribution in [1.29, 1.82) is 0 Å². The highest BCUT2D eigenvalue weighted by molar-refractivity contribution is 7.11. The summed E-state index contributed by atoms with van der Waals surface area (Å²) < 4.78 is 22.9. The summed E-state index contributed by atoms with van der Waals surface area (Å²) in [6.45, 7) is 15.8. The predicted octanol–water partition coefficient (Wildman–Crippen LogP) is 7.44. The molecule has 234 valence electrons. The summed E-state index contributed by atoms with van der Waals surface area (Å²) in [5.74, 6) is 0.511. The molecule has 3 aromatic rings. The van der Waals surface area contributed by atoms with E-state index in [2.05, 4.69) is 46.0 Å². The fourth-order valence-corrected chi connectivity index (χ4v) is 6.34. The van der Waals surface area contributed by atoms with Crippen molar-refractivity contribution in [3.8, 4) is 11.5 Å². The van der Waals surface area contributed by atoms with Gasteiger partial charge in [0.1, 0.15) is 16.5 Å². The van der Waals surface area contributed by atoms with Crippen LogP contribution in [0.2, 0.25) is 18.1 Å². The quantitative estimate of drug-likeness (QED) is 0.136. The van der Waals surface area contributed by atoms with Gasteiger partial charge in [-0.25, -0.2) is 9.78 Å². The molecule has 0 saturated carbocycles. The fourth-order valence-electron chi connectivity index (χ4n) is 4.31. The van der Waals surface area contributed by atoms with Gasteiger partial charge in [0, 0.05) is 17.7 Å². The first-order valence-electron chi connectivity index (χ1n) is 14.7. The maximum absolute atomic E-state index is 14.0. The highest BCUT2D eigenvalue weighted by atomic mass is 32.1. The van der Waals surface area contributed by atoms with Gasteiger partial charge >= 0.3 is 5.97 Å². The predicted molar refractivity (Wildman–Crippen MR) is 174 cm³/mol. The first-order valence-corrected chi connectivity index (χ1v) is 18.4. The summed E-state index contributed by atoms with van der Waals surface area (Å²) in [7, 11) is 1.07. The standard InChI is InChI=1S/C33H46N2O6SSi/c1-10-40-32(37)30-28(22-41-43(8,9)33(3,4)5)42-29(34-30)21-35(18-14-17-24-15-12-11-13-16-24)31(36)25-19-26(38-6)23(2)27(20-25)39-7/h11-13,15-16,19-20H,10,14,17-18,21-22H2,1-9H3. The molecule has 1 amide bonds. The molecule has 10 heteroatoms. The summed E-state index contributed by atoms with van der Waals surface area (Å²) in [5, 5.41) is 0.666. The van der Waals surface area contributed by atoms with Gasteiger partial charge in [-0.3, -0.25) is 4.79 Å². The Morgan fingerprint density at radius 3 is 2.21 bits per heavy atom. The van der Waals surface area contributed by atoms with Crippen LogP contribution in [0.4, 0.5) is 0 Å². The van der Waals surface area contributed by atoms with E-state index in [0.29, 0.717) is 33.5 Å². The molecule has 3 rings (SSSR count). The molecule has 0 fully saturated rings. The highest BCUT2D eigenvalue weighted by Gasteiger charge is 2.37. The molecule has 43 heavy (non-hydrogen) atoms. The number of esters is 1. The largest absolute Gasteiger partial charge is 0.496 e. The molecule has 2 aromatic carbocycles. The van der Waals surface area contributed by atoms with Crippen molar-refractivity contribution in [2.24, 2.45) is 0 Å². The normalized spacial score (nSPS) is 11.7. The number of carbonyl (C=O) groups is 2. The molecule has 0 saturated heterocycles. The van der Waals surface area contributed by atoms with Crippen molar-refractivity contribution in [2.75, 3.05) is 27.4 Å². The van der Waals surface area contributed by atoms with Crippen LogP contribution in [-0.2, 0) is 28.7 Å². The summed E-state index contributed by atoms with van der Waals surface area (Å²) >= 11 is 1.40. The zero-order valence-electron chi connectivity index (χ0n) is 27.0. The number of aromatic nitrogens is 1. The fraction of sp³-hybridized carbons (Fsp3) is 0.485. The van der Waals surface area contributed by atoms with Gasteiger partial charge in [0.15, 0.2) is 14.0 Å². The molecule has 0 N–H and O–H groups in total. The van der Waals surface area contributed by atoms with Crippen molar-refractivity contribution >= 4 is 31.5 Å². The molecule has 1 aromatic heterocycles. The molecule has 0 aliphatic rings. The van der Waals surface area contributed by atoms with E-state index in [1.807, 2.05) is 25.1 Å². The lowest BCUT2D eigenvalue weighted by molar-refractivity contribution is 0.0517. The number of carbonyl (C=O) groups excluding carboxylic acids is 2. The van der Waals surface area contributed by atoms with E-state index in [0.717, 1.165) is 18.4 Å². The maximum atomic E-state index is 14.0. The summed E-state index contributed by atoms with van der Waals surface area (Å²) in [6.07, 6.45) is 1.58. The Morgan fingerprint density at radius 1 is 1.02 bits per heavy atom. The van der Waals surface area contributed by atoms with E-state index in [9.17, 15) is 9.59 Å². The second kappa shape index (κ2) is 15.0. The van der Waals surface area contributed by atoms with E-state index < -0.39 is 14.3 Å². The first kappa shape index (κ1) is 34.3. The van der Waals surface area contributed by atoms with Crippen LogP contribution >= 0.6 is 11.3 Å². The molecular weight excluding hydrogens is 581 g/mol. The molecule has 0 spiro atoms. The zero-order chi connectivity index (χ0) is 31.8. The molecule has 0 radical (unpaired) electrons. The second-order valence-electron chi connectivity index (χ2n) is 12.0. The van der Waals surface area contributed by atoms with E-state index in [-0.39, 0.29) is 36.4 Å². The van der Waals surface area contributed by atoms with Gasteiger partial charge in [0.2, 0.25) is 0 Å². The molecule has 1 heterocycles. The third-order valence-corrected chi connectivity index (χ3v) is 13.4. The Morgan fingerprint density at radius 2 is 1.65 bits per heavy atom. The number of nitrogens with zero attached hydrogens (tertiary/aromatic N) is 2. The minimum atomic E-state index is -2.08. The maximum Gasteiger partial charge on any atom is 0.358 e. The first-order chi connectivity index (χ1) is 20.3. The average Bonchev–Trinajstić information content (AvgIpc) is 3.38. The number of ether oxygens (including phenoxy) is 3. The molecule has 0 unspecified atom stereocenters. The van der Waals surface area contributed by atoms with Crippen LogP contribution in [0.5, 0.6) is 11.5 Å². The van der Waals surface area contributed by atoms with Gasteiger partial charge in [-0.1, -0.05) is 51.1 Å². The van der Waals surface area contributed by atoms with Crippen molar-refractivity contribution in [1.82, 2.24) is 9.88 Å². The van der Waals surface area contributed by atoms with Crippen LogP contribution in [0.1, 0.15) is 76.0 Å². The van der Waals surface area contributed by atoms with Crippen molar-refractivity contribution in [3.63, 3.8) is 0 Å². The van der Waals surface area contributed by atoms with Gasteiger partial charge in [0.05, 0.1) is 38.9 Å². The zero-order valence-corrected chi connectivity index (χ0v) is 28.9. The van der Waals surface area contributed by atoms with Gasteiger partial charge in [-0.05, 0) is 62.5 Å². The Labute approximate surface area is 261 Å². The van der Waals surface area contributed by atoms with Crippen LogP contribution in [0.3, 0.4) is 0 Å². The second-order valence-corrected chi connectivity index (χ2v) is 17.9. The molecular formula is C33H46N2O6SSi. The summed E-state index contributed by atoms with van der Waals surface area (Å²) in [6, 6.07) is 13.7. The van der Waals surface area contributed by atoms with Crippen LogP contribution in [-0.4, -0.2) is 57.4 Å². The molecule has 0 aliphatic heterocycles. The lowest BCUT2D eigenvalue weighted by Crippen LogP contribution is -2.40. The third kappa shape index (κ3) is 8.90. The van der Waals surface area contributed by atoms with Crippen molar-refractivity contribution in [3.05, 3.63) is 74.7 Å². The summed E-state index contributed by atoms with van der Waals surface area (Å²) in [5.41, 5.74) is 2.75. The SMILES string of the molecule is CCOC(=O)c1nc(CN(CCCc2ccccc2)C(=O)c2cc(OC)c(C)c(OC)c2)sc1CO[Si](C)(C)C(C)(C)C. The number of aryl methyl sites for hydroxylation is 1. The number of methoxy groups -OCH3 is 2. The molecule has 8 nitrogen and oxygen atoms in total. The number of thiazole rings is 1. The number of benzene rings is 2. The van der Waals surface area contributed by atoms with Gasteiger partial charge in [0.25, 0.3) is 5.91 Å². The number of amides is 1. The van der Waals surface area contributed by atoms with Gasteiger partial charge in [-0.15, -0.1) is 11.3 Å². The monoisotopic (exact) mass is 626 g/mol. The minimum absolute atomic E-state index is 0.0166. The minimum Gasteiger partial charge on any atom is -0.496 e. The van der Waals surface area contributed by atoms with E-state index >= 15 is 0 Å². The Hall–Kier alpha value is -3.21. The molecule has 0 atom stereocenters. The third-order valence-electron chi connectivity index (χ3n) is 7.93. The Balaban J connectivity index is 1.94. The number of rotatable bonds is 14. The Kier molecular flexibility index (Phi) is 11.9. The Bertz CT molecular complexity index is 1360. The van der Waals surface area contributed by atoms with Gasteiger partial charge in [-0.2, -0.15) is 0 Å². The van der Waals surface area contributed by atoms with Crippen LogP contribution in [0.25, 0.3) is 0 Å². The van der Waals surface area contributed by atoms with Crippen LogP contribution < -0.4 is 9.47 Å². The average molecular weight is 627 g/mol. The van der Waals surface area contributed by atoms with E-state index in [1.54, 1.807) is 38.2 Å². The lowest BCUT2D eigenvalue weighted by atomic mass is 10.1. The smallest absolute Gasteiger partial charge is 0.358 e. The number of hydrogen-bond donors (Lipinski definition) is 0. The highest BCUT2D eigenvalue weighted by Crippen LogP contribution is 2.38. The van der Waals surface area contributed by atoms with Crippen molar-refractivity contribution in [2.45, 2.75) is 78.7 Å². The van der Waals surface area contributed by atoms with E-state index in [1.165, 1.54) is 16.9 Å². The van der Waals surface area contributed by atoms with Crippen LogP contribution in [0.15, 0.2) is 42.5 Å². The topological polar surface area (TPSA) is 87.2 Å². The van der Waals surface area contributed by atoms with E-state index in [4.69, 9.17) is 23.6 Å². The molecule has 0 aliphatic carbocycles. The van der Waals surface area contributed by atoms with Crippen molar-refractivity contribution < 1.29 is 28.2 Å². The van der Waals surface area contributed by atoms with Crippen LogP contribution in [0, 0.1) is 6.92 Å².